The molecule has 9 heteroatoms. The fourth-order valence-corrected chi connectivity index (χ4v) is 5.26. The molecule has 1 atom stereocenters. The first kappa shape index (κ1) is 32.1. The van der Waals surface area contributed by atoms with Gasteiger partial charge in [0.05, 0.1) is 11.2 Å². The Labute approximate surface area is 256 Å². The van der Waals surface area contributed by atoms with Gasteiger partial charge < -0.3 is 30.1 Å². The summed E-state index contributed by atoms with van der Waals surface area (Å²) in [6.07, 6.45) is 0.497. The van der Waals surface area contributed by atoms with Crippen molar-refractivity contribution in [1.29, 1.82) is 0 Å². The first-order valence-electron chi connectivity index (χ1n) is 15.3. The van der Waals surface area contributed by atoms with Gasteiger partial charge in [-0.3, -0.25) is 4.79 Å². The molecule has 1 aliphatic heterocycles. The lowest BCUT2D eigenvalue weighted by molar-refractivity contribution is -0.134. The van der Waals surface area contributed by atoms with Crippen molar-refractivity contribution in [2.45, 2.75) is 52.7 Å². The normalized spacial score (nSPS) is 14.7. The van der Waals surface area contributed by atoms with E-state index in [0.29, 0.717) is 13.1 Å². The minimum absolute atomic E-state index is 0.0527. The van der Waals surface area contributed by atoms with Gasteiger partial charge in [0.1, 0.15) is 11.6 Å². The molecule has 2 N–H and O–H groups in total. The molecule has 2 heterocycles. The summed E-state index contributed by atoms with van der Waals surface area (Å²) in [4.78, 5) is 37.0. The average Bonchev–Trinajstić information content (AvgIpc) is 2.96. The van der Waals surface area contributed by atoms with Gasteiger partial charge in [0, 0.05) is 55.0 Å². The maximum absolute atomic E-state index is 13.3. The van der Waals surface area contributed by atoms with Gasteiger partial charge in [-0.1, -0.05) is 44.2 Å². The number of carbonyl (C=O) groups excluding carboxylic acids is 2. The van der Waals surface area contributed by atoms with Crippen LogP contribution in [0.15, 0.2) is 54.6 Å². The summed E-state index contributed by atoms with van der Waals surface area (Å²) in [6, 6.07) is 18.3. The van der Waals surface area contributed by atoms with E-state index in [2.05, 4.69) is 83.1 Å². The molecule has 1 fully saturated rings. The van der Waals surface area contributed by atoms with Gasteiger partial charge in [-0.2, -0.15) is 0 Å². The molecule has 0 saturated carbocycles. The Morgan fingerprint density at radius 2 is 1.67 bits per heavy atom. The molecule has 1 saturated heterocycles. The number of benzene rings is 2. The number of anilines is 2. The molecule has 1 unspecified atom stereocenters. The highest BCUT2D eigenvalue weighted by Gasteiger charge is 2.32. The second-order valence-electron chi connectivity index (χ2n) is 12.9. The van der Waals surface area contributed by atoms with E-state index in [4.69, 9.17) is 9.72 Å². The molecule has 0 radical (unpaired) electrons. The van der Waals surface area contributed by atoms with Crippen molar-refractivity contribution in [2.24, 2.45) is 5.92 Å². The number of amides is 2. The Kier molecular flexibility index (Phi) is 10.5. The van der Waals surface area contributed by atoms with Crippen LogP contribution in [0.5, 0.6) is 0 Å². The highest BCUT2D eigenvalue weighted by Crippen LogP contribution is 2.30. The van der Waals surface area contributed by atoms with Crippen LogP contribution < -0.4 is 15.5 Å². The maximum Gasteiger partial charge on any atom is 0.408 e. The largest absolute Gasteiger partial charge is 0.444 e. The standard InChI is InChI=1S/C34H48N6O3/c1-24(2)31(37-33(42)43-34(3,4)5)32(41)40-21-19-39(20-22-40)26-15-13-25(14-16-26)29-23-30(35-17-10-18-38(6)7)27-11-8-9-12-28(27)36-29/h8-9,11-16,23-24,31H,10,17-22H2,1-7H3,(H,35,36)(H,37,42). The van der Waals surface area contributed by atoms with E-state index in [1.165, 1.54) is 0 Å². The molecule has 4 rings (SSSR count). The summed E-state index contributed by atoms with van der Waals surface area (Å²) in [6.45, 7) is 13.9. The molecule has 43 heavy (non-hydrogen) atoms. The van der Waals surface area contributed by atoms with Crippen molar-refractivity contribution in [3.63, 3.8) is 0 Å². The molecule has 2 amide bonds. The molecule has 0 aliphatic carbocycles. The number of nitrogens with zero attached hydrogens (tertiary/aromatic N) is 4. The predicted molar refractivity (Wildman–Crippen MR) is 176 cm³/mol. The molecule has 1 aromatic heterocycles. The fraction of sp³-hybridized carbons (Fsp3) is 0.500. The van der Waals surface area contributed by atoms with Crippen LogP contribution in [0.3, 0.4) is 0 Å². The lowest BCUT2D eigenvalue weighted by atomic mass is 10.0. The first-order valence-corrected chi connectivity index (χ1v) is 15.3. The number of hydrogen-bond acceptors (Lipinski definition) is 7. The summed E-state index contributed by atoms with van der Waals surface area (Å²) in [7, 11) is 4.19. The predicted octanol–water partition coefficient (Wildman–Crippen LogP) is 5.46. The van der Waals surface area contributed by atoms with E-state index in [1.54, 1.807) is 0 Å². The van der Waals surface area contributed by atoms with Crippen molar-refractivity contribution < 1.29 is 14.3 Å². The van der Waals surface area contributed by atoms with E-state index in [1.807, 2.05) is 45.6 Å². The lowest BCUT2D eigenvalue weighted by Gasteiger charge is -2.38. The Morgan fingerprint density at radius 1 is 1.00 bits per heavy atom. The number of aromatic nitrogens is 1. The molecule has 0 bridgehead atoms. The number of para-hydroxylation sites is 1. The molecule has 0 spiro atoms. The van der Waals surface area contributed by atoms with Crippen LogP contribution in [0.4, 0.5) is 16.2 Å². The number of ether oxygens (including phenoxy) is 1. The van der Waals surface area contributed by atoms with Crippen molar-refractivity contribution in [1.82, 2.24) is 20.1 Å². The van der Waals surface area contributed by atoms with E-state index in [0.717, 1.165) is 66.1 Å². The Bertz CT molecular complexity index is 1380. The third kappa shape index (κ3) is 8.83. The van der Waals surface area contributed by atoms with Crippen molar-refractivity contribution in [3.05, 3.63) is 54.6 Å². The summed E-state index contributed by atoms with van der Waals surface area (Å²) in [5.41, 5.74) is 4.57. The quantitative estimate of drug-likeness (QED) is 0.304. The number of nitrogens with one attached hydrogen (secondary N) is 2. The number of piperazine rings is 1. The van der Waals surface area contributed by atoms with Crippen LogP contribution in [-0.4, -0.2) is 91.8 Å². The van der Waals surface area contributed by atoms with Gasteiger partial charge in [0.25, 0.3) is 0 Å². The topological polar surface area (TPSA) is 90.0 Å². The zero-order valence-corrected chi connectivity index (χ0v) is 26.8. The number of carbonyl (C=O) groups is 2. The van der Waals surface area contributed by atoms with Crippen LogP contribution in [0, 0.1) is 5.92 Å². The van der Waals surface area contributed by atoms with Gasteiger partial charge in [-0.25, -0.2) is 9.78 Å². The third-order valence-corrected chi connectivity index (χ3v) is 7.54. The fourth-order valence-electron chi connectivity index (χ4n) is 5.26. The minimum atomic E-state index is -0.623. The summed E-state index contributed by atoms with van der Waals surface area (Å²) in [5, 5.41) is 7.54. The number of fused-ring (bicyclic) bond motifs is 1. The van der Waals surface area contributed by atoms with Gasteiger partial charge in [-0.05, 0) is 78.0 Å². The molecule has 3 aromatic rings. The van der Waals surface area contributed by atoms with Crippen LogP contribution in [0.2, 0.25) is 0 Å². The van der Waals surface area contributed by atoms with E-state index in [9.17, 15) is 9.59 Å². The average molecular weight is 589 g/mol. The molecule has 232 valence electrons. The number of hydrogen-bond donors (Lipinski definition) is 2. The maximum atomic E-state index is 13.3. The van der Waals surface area contributed by atoms with Crippen LogP contribution in [0.1, 0.15) is 41.0 Å². The number of rotatable bonds is 10. The van der Waals surface area contributed by atoms with Crippen LogP contribution in [-0.2, 0) is 9.53 Å². The Morgan fingerprint density at radius 3 is 2.30 bits per heavy atom. The SMILES string of the molecule is CC(C)C(NC(=O)OC(C)(C)C)C(=O)N1CCN(c2ccc(-c3cc(NCCCN(C)C)c4ccccc4n3)cc2)CC1. The molecular weight excluding hydrogens is 540 g/mol. The van der Waals surface area contributed by atoms with Gasteiger partial charge in [0.2, 0.25) is 5.91 Å². The highest BCUT2D eigenvalue weighted by atomic mass is 16.6. The van der Waals surface area contributed by atoms with Gasteiger partial charge in [-0.15, -0.1) is 0 Å². The van der Waals surface area contributed by atoms with Crippen molar-refractivity contribution in [3.8, 4) is 11.3 Å². The Hall–Kier alpha value is -3.85. The van der Waals surface area contributed by atoms with Crippen molar-refractivity contribution in [2.75, 3.05) is 63.6 Å². The zero-order chi connectivity index (χ0) is 31.1. The van der Waals surface area contributed by atoms with Crippen LogP contribution >= 0.6 is 0 Å². The first-order chi connectivity index (χ1) is 20.4. The van der Waals surface area contributed by atoms with E-state index in [-0.39, 0.29) is 11.8 Å². The third-order valence-electron chi connectivity index (χ3n) is 7.54. The van der Waals surface area contributed by atoms with Crippen LogP contribution in [0.25, 0.3) is 22.2 Å². The molecular formula is C34H48N6O3. The van der Waals surface area contributed by atoms with Gasteiger partial charge >= 0.3 is 6.09 Å². The van der Waals surface area contributed by atoms with Crippen molar-refractivity contribution >= 4 is 34.3 Å². The molecule has 1 aliphatic rings. The molecule has 2 aromatic carbocycles. The number of pyridine rings is 1. The smallest absolute Gasteiger partial charge is 0.408 e. The van der Waals surface area contributed by atoms with E-state index < -0.39 is 17.7 Å². The molecule has 9 nitrogen and oxygen atoms in total. The summed E-state index contributed by atoms with van der Waals surface area (Å²) < 4.78 is 5.39. The zero-order valence-electron chi connectivity index (χ0n) is 26.8. The lowest BCUT2D eigenvalue weighted by Crippen LogP contribution is -2.56. The highest BCUT2D eigenvalue weighted by molar-refractivity contribution is 5.94. The summed E-state index contributed by atoms with van der Waals surface area (Å²) >= 11 is 0. The monoisotopic (exact) mass is 588 g/mol. The minimum Gasteiger partial charge on any atom is -0.444 e. The second-order valence-corrected chi connectivity index (χ2v) is 12.9. The van der Waals surface area contributed by atoms with E-state index >= 15 is 0 Å². The summed E-state index contributed by atoms with van der Waals surface area (Å²) in [5.74, 6) is -0.118. The Balaban J connectivity index is 1.40. The van der Waals surface area contributed by atoms with Gasteiger partial charge in [0.15, 0.2) is 0 Å². The second kappa shape index (κ2) is 14.1. The number of alkyl carbamates (subject to hydrolysis) is 1.